The SMILES string of the molecule is COC(=O)C1CCN(C(=O)/C=C/c2c(C)cc(OC)cc2C)CC1. The molecule has 1 amide bonds. The van der Waals surface area contributed by atoms with Crippen molar-refractivity contribution in [3.63, 3.8) is 0 Å². The van der Waals surface area contributed by atoms with Crippen LogP contribution in [0.1, 0.15) is 29.5 Å². The summed E-state index contributed by atoms with van der Waals surface area (Å²) >= 11 is 0. The van der Waals surface area contributed by atoms with Crippen LogP contribution in [0, 0.1) is 19.8 Å². The lowest BCUT2D eigenvalue weighted by molar-refractivity contribution is -0.148. The Kier molecular flexibility index (Phi) is 6.01. The van der Waals surface area contributed by atoms with Gasteiger partial charge in [-0.3, -0.25) is 9.59 Å². The van der Waals surface area contributed by atoms with Crippen molar-refractivity contribution in [3.8, 4) is 5.75 Å². The third kappa shape index (κ3) is 4.16. The summed E-state index contributed by atoms with van der Waals surface area (Å²) in [6.45, 7) is 5.18. The molecule has 0 saturated carbocycles. The van der Waals surface area contributed by atoms with Crippen LogP contribution in [0.15, 0.2) is 18.2 Å². The number of carbonyl (C=O) groups is 2. The molecule has 0 atom stereocenters. The van der Waals surface area contributed by atoms with E-state index in [1.54, 1.807) is 18.1 Å². The van der Waals surface area contributed by atoms with Crippen LogP contribution < -0.4 is 4.74 Å². The van der Waals surface area contributed by atoms with Crippen LogP contribution in [0.25, 0.3) is 6.08 Å². The van der Waals surface area contributed by atoms with Gasteiger partial charge in [0.2, 0.25) is 5.91 Å². The first-order valence-corrected chi connectivity index (χ1v) is 8.16. The number of benzene rings is 1. The van der Waals surface area contributed by atoms with Crippen molar-refractivity contribution < 1.29 is 19.1 Å². The molecule has 0 unspecified atom stereocenters. The number of methoxy groups -OCH3 is 2. The molecular weight excluding hydrogens is 306 g/mol. The number of carbonyl (C=O) groups excluding carboxylic acids is 2. The minimum atomic E-state index is -0.179. The van der Waals surface area contributed by atoms with E-state index in [1.807, 2.05) is 32.1 Å². The third-order valence-corrected chi connectivity index (χ3v) is 4.54. The van der Waals surface area contributed by atoms with Crippen LogP contribution in [0.3, 0.4) is 0 Å². The van der Waals surface area contributed by atoms with Gasteiger partial charge in [-0.25, -0.2) is 0 Å². The van der Waals surface area contributed by atoms with Gasteiger partial charge in [0.05, 0.1) is 20.1 Å². The van der Waals surface area contributed by atoms with E-state index in [-0.39, 0.29) is 17.8 Å². The van der Waals surface area contributed by atoms with Gasteiger partial charge in [-0.05, 0) is 61.6 Å². The van der Waals surface area contributed by atoms with Crippen molar-refractivity contribution in [2.45, 2.75) is 26.7 Å². The first kappa shape index (κ1) is 18.0. The van der Waals surface area contributed by atoms with Crippen LogP contribution in [0.4, 0.5) is 0 Å². The van der Waals surface area contributed by atoms with Gasteiger partial charge in [0.25, 0.3) is 0 Å². The molecule has 2 rings (SSSR count). The van der Waals surface area contributed by atoms with Gasteiger partial charge in [-0.2, -0.15) is 0 Å². The first-order chi connectivity index (χ1) is 11.5. The summed E-state index contributed by atoms with van der Waals surface area (Å²) in [5.74, 6) is 0.530. The van der Waals surface area contributed by atoms with E-state index < -0.39 is 0 Å². The smallest absolute Gasteiger partial charge is 0.308 e. The lowest BCUT2D eigenvalue weighted by Crippen LogP contribution is -2.39. The Labute approximate surface area is 143 Å². The van der Waals surface area contributed by atoms with Crippen molar-refractivity contribution in [1.29, 1.82) is 0 Å². The summed E-state index contributed by atoms with van der Waals surface area (Å²) in [4.78, 5) is 25.7. The molecule has 0 aromatic heterocycles. The average molecular weight is 331 g/mol. The lowest BCUT2D eigenvalue weighted by Gasteiger charge is -2.29. The number of amides is 1. The molecule has 0 N–H and O–H groups in total. The van der Waals surface area contributed by atoms with Gasteiger partial charge in [0, 0.05) is 19.2 Å². The molecule has 5 heteroatoms. The monoisotopic (exact) mass is 331 g/mol. The molecule has 0 bridgehead atoms. The van der Waals surface area contributed by atoms with Gasteiger partial charge >= 0.3 is 5.97 Å². The van der Waals surface area contributed by atoms with Gasteiger partial charge in [0.15, 0.2) is 0 Å². The second kappa shape index (κ2) is 7.99. The number of hydrogen-bond acceptors (Lipinski definition) is 4. The molecule has 1 aliphatic heterocycles. The fourth-order valence-electron chi connectivity index (χ4n) is 3.08. The standard InChI is InChI=1S/C19H25NO4/c1-13-11-16(23-3)12-14(2)17(13)5-6-18(21)20-9-7-15(8-10-20)19(22)24-4/h5-6,11-12,15H,7-10H2,1-4H3/b6-5+. The zero-order valence-electron chi connectivity index (χ0n) is 14.8. The Balaban J connectivity index is 2.01. The minimum absolute atomic E-state index is 0.0204. The minimum Gasteiger partial charge on any atom is -0.497 e. The quantitative estimate of drug-likeness (QED) is 0.629. The van der Waals surface area contributed by atoms with Gasteiger partial charge in [0.1, 0.15) is 5.75 Å². The number of aryl methyl sites for hydroxylation is 2. The number of ether oxygens (including phenoxy) is 2. The van der Waals surface area contributed by atoms with Crippen molar-refractivity contribution in [2.24, 2.45) is 5.92 Å². The maximum atomic E-state index is 12.4. The molecule has 1 fully saturated rings. The van der Waals surface area contributed by atoms with Crippen molar-refractivity contribution in [3.05, 3.63) is 34.9 Å². The molecule has 24 heavy (non-hydrogen) atoms. The van der Waals surface area contributed by atoms with E-state index in [4.69, 9.17) is 9.47 Å². The molecule has 0 spiro atoms. The maximum Gasteiger partial charge on any atom is 0.308 e. The van der Waals surface area contributed by atoms with E-state index in [0.717, 1.165) is 22.4 Å². The van der Waals surface area contributed by atoms with Gasteiger partial charge in [-0.15, -0.1) is 0 Å². The van der Waals surface area contributed by atoms with E-state index in [9.17, 15) is 9.59 Å². The molecule has 1 aromatic rings. The Bertz CT molecular complexity index is 620. The number of rotatable bonds is 4. The number of piperidine rings is 1. The molecule has 1 saturated heterocycles. The van der Waals surface area contributed by atoms with E-state index in [2.05, 4.69) is 0 Å². The normalized spacial score (nSPS) is 15.6. The molecule has 1 heterocycles. The van der Waals surface area contributed by atoms with E-state index in [1.165, 1.54) is 7.11 Å². The molecule has 1 aliphatic rings. The average Bonchev–Trinajstić information content (AvgIpc) is 2.60. The fraction of sp³-hybridized carbons (Fsp3) is 0.474. The van der Waals surface area contributed by atoms with E-state index >= 15 is 0 Å². The Hall–Kier alpha value is -2.30. The highest BCUT2D eigenvalue weighted by Crippen LogP contribution is 2.23. The summed E-state index contributed by atoms with van der Waals surface area (Å²) in [5.41, 5.74) is 3.18. The lowest BCUT2D eigenvalue weighted by atomic mass is 9.97. The largest absolute Gasteiger partial charge is 0.497 e. The molecule has 1 aromatic carbocycles. The summed E-state index contributed by atoms with van der Waals surface area (Å²) in [6.07, 6.45) is 4.79. The predicted molar refractivity (Wildman–Crippen MR) is 92.8 cm³/mol. The summed E-state index contributed by atoms with van der Waals surface area (Å²) in [6, 6.07) is 3.91. The van der Waals surface area contributed by atoms with E-state index in [0.29, 0.717) is 25.9 Å². The third-order valence-electron chi connectivity index (χ3n) is 4.54. The van der Waals surface area contributed by atoms with Crippen molar-refractivity contribution in [1.82, 2.24) is 4.90 Å². The number of esters is 1. The molecule has 5 nitrogen and oxygen atoms in total. The Morgan fingerprint density at radius 3 is 2.21 bits per heavy atom. The molecule has 130 valence electrons. The van der Waals surface area contributed by atoms with Gasteiger partial charge < -0.3 is 14.4 Å². The van der Waals surface area contributed by atoms with Gasteiger partial charge in [-0.1, -0.05) is 0 Å². The summed E-state index contributed by atoms with van der Waals surface area (Å²) in [7, 11) is 3.05. The van der Waals surface area contributed by atoms with Crippen LogP contribution >= 0.6 is 0 Å². The highest BCUT2D eigenvalue weighted by atomic mass is 16.5. The molecule has 0 aliphatic carbocycles. The number of nitrogens with zero attached hydrogens (tertiary/aromatic N) is 1. The van der Waals surface area contributed by atoms with Crippen LogP contribution in [-0.2, 0) is 14.3 Å². The number of hydrogen-bond donors (Lipinski definition) is 0. The van der Waals surface area contributed by atoms with Crippen LogP contribution in [0.2, 0.25) is 0 Å². The first-order valence-electron chi connectivity index (χ1n) is 8.16. The second-order valence-electron chi connectivity index (χ2n) is 6.13. The second-order valence-corrected chi connectivity index (χ2v) is 6.13. The summed E-state index contributed by atoms with van der Waals surface area (Å²) in [5, 5.41) is 0. The highest BCUT2D eigenvalue weighted by molar-refractivity contribution is 5.92. The number of likely N-dealkylation sites (tertiary alicyclic amines) is 1. The highest BCUT2D eigenvalue weighted by Gasteiger charge is 2.26. The summed E-state index contributed by atoms with van der Waals surface area (Å²) < 4.78 is 10.0. The predicted octanol–water partition coefficient (Wildman–Crippen LogP) is 2.74. The maximum absolute atomic E-state index is 12.4. The van der Waals surface area contributed by atoms with Crippen molar-refractivity contribution in [2.75, 3.05) is 27.3 Å². The fourth-order valence-corrected chi connectivity index (χ4v) is 3.08. The molecule has 0 radical (unpaired) electrons. The Morgan fingerprint density at radius 1 is 1.12 bits per heavy atom. The zero-order chi connectivity index (χ0) is 17.7. The molecular formula is C19H25NO4. The Morgan fingerprint density at radius 2 is 1.71 bits per heavy atom. The van der Waals surface area contributed by atoms with Crippen LogP contribution in [-0.4, -0.2) is 44.1 Å². The van der Waals surface area contributed by atoms with Crippen LogP contribution in [0.5, 0.6) is 5.75 Å². The zero-order valence-corrected chi connectivity index (χ0v) is 14.8. The van der Waals surface area contributed by atoms with Crippen molar-refractivity contribution >= 4 is 18.0 Å². The topological polar surface area (TPSA) is 55.8 Å².